The molecule has 2 rings (SSSR count). The SMILES string of the molecule is CCOC(=O)Nc1ccc2cc(N)ccc2c1N. The van der Waals surface area contributed by atoms with E-state index in [1.165, 1.54) is 0 Å². The monoisotopic (exact) mass is 245 g/mol. The van der Waals surface area contributed by atoms with Gasteiger partial charge in [-0.05, 0) is 30.5 Å². The molecule has 5 nitrogen and oxygen atoms in total. The molecule has 0 heterocycles. The van der Waals surface area contributed by atoms with Gasteiger partial charge in [0.2, 0.25) is 0 Å². The molecule has 0 spiro atoms. The van der Waals surface area contributed by atoms with Crippen LogP contribution < -0.4 is 16.8 Å². The van der Waals surface area contributed by atoms with E-state index in [0.717, 1.165) is 10.8 Å². The minimum atomic E-state index is -0.515. The molecule has 0 fully saturated rings. The number of nitrogens with two attached hydrogens (primary N) is 2. The molecule has 0 aliphatic rings. The summed E-state index contributed by atoms with van der Waals surface area (Å²) in [6.07, 6.45) is -0.515. The second-order valence-corrected chi connectivity index (χ2v) is 3.85. The number of nitrogens with one attached hydrogen (secondary N) is 1. The fourth-order valence-corrected chi connectivity index (χ4v) is 1.76. The van der Waals surface area contributed by atoms with Gasteiger partial charge in [0.15, 0.2) is 0 Å². The van der Waals surface area contributed by atoms with Crippen LogP contribution in [0.15, 0.2) is 30.3 Å². The number of carbonyl (C=O) groups excluding carboxylic acids is 1. The lowest BCUT2D eigenvalue weighted by atomic mass is 10.1. The summed E-state index contributed by atoms with van der Waals surface area (Å²) >= 11 is 0. The molecule has 5 heteroatoms. The van der Waals surface area contributed by atoms with E-state index < -0.39 is 6.09 Å². The molecule has 94 valence electrons. The van der Waals surface area contributed by atoms with Crippen molar-refractivity contribution in [3.05, 3.63) is 30.3 Å². The highest BCUT2D eigenvalue weighted by atomic mass is 16.5. The van der Waals surface area contributed by atoms with Crippen LogP contribution in [-0.2, 0) is 4.74 Å². The number of fused-ring (bicyclic) bond motifs is 1. The van der Waals surface area contributed by atoms with Gasteiger partial charge in [-0.3, -0.25) is 5.32 Å². The van der Waals surface area contributed by atoms with Crippen LogP contribution in [0.5, 0.6) is 0 Å². The van der Waals surface area contributed by atoms with Gasteiger partial charge in [-0.1, -0.05) is 12.1 Å². The predicted octanol–water partition coefficient (Wildman–Crippen LogP) is 2.57. The van der Waals surface area contributed by atoms with E-state index in [4.69, 9.17) is 16.2 Å². The van der Waals surface area contributed by atoms with Gasteiger partial charge < -0.3 is 16.2 Å². The minimum absolute atomic E-state index is 0.315. The Labute approximate surface area is 105 Å². The van der Waals surface area contributed by atoms with Crippen molar-refractivity contribution in [1.82, 2.24) is 0 Å². The van der Waals surface area contributed by atoms with Crippen molar-refractivity contribution in [3.8, 4) is 0 Å². The van der Waals surface area contributed by atoms with Crippen LogP contribution in [0.4, 0.5) is 21.9 Å². The number of nitrogen functional groups attached to an aromatic ring is 2. The highest BCUT2D eigenvalue weighted by Crippen LogP contribution is 2.29. The van der Waals surface area contributed by atoms with E-state index in [1.807, 2.05) is 18.2 Å². The van der Waals surface area contributed by atoms with E-state index >= 15 is 0 Å². The summed E-state index contributed by atoms with van der Waals surface area (Å²) in [7, 11) is 0. The summed E-state index contributed by atoms with van der Waals surface area (Å²) in [5, 5.41) is 4.38. The summed E-state index contributed by atoms with van der Waals surface area (Å²) in [6.45, 7) is 2.06. The van der Waals surface area contributed by atoms with Crippen LogP contribution >= 0.6 is 0 Å². The molecule has 0 bridgehead atoms. The Morgan fingerprint density at radius 1 is 1.28 bits per heavy atom. The Hall–Kier alpha value is -2.43. The van der Waals surface area contributed by atoms with E-state index in [0.29, 0.717) is 23.7 Å². The maximum absolute atomic E-state index is 11.3. The second-order valence-electron chi connectivity index (χ2n) is 3.85. The largest absolute Gasteiger partial charge is 0.450 e. The summed E-state index contributed by atoms with van der Waals surface area (Å²) in [6, 6.07) is 9.01. The van der Waals surface area contributed by atoms with Gasteiger partial charge in [0.1, 0.15) is 0 Å². The molecule has 0 saturated carbocycles. The minimum Gasteiger partial charge on any atom is -0.450 e. The number of amides is 1. The fraction of sp³-hybridized carbons (Fsp3) is 0.154. The first-order chi connectivity index (χ1) is 8.61. The number of rotatable bonds is 2. The standard InChI is InChI=1S/C13H15N3O2/c1-2-18-13(17)16-11-6-3-8-7-9(14)4-5-10(8)12(11)15/h3-7H,2,14-15H2,1H3,(H,16,17). The smallest absolute Gasteiger partial charge is 0.411 e. The third-order valence-corrected chi connectivity index (χ3v) is 2.60. The number of hydrogen-bond donors (Lipinski definition) is 3. The van der Waals surface area contributed by atoms with E-state index in [1.54, 1.807) is 19.1 Å². The number of benzene rings is 2. The van der Waals surface area contributed by atoms with Crippen LogP contribution in [0.2, 0.25) is 0 Å². The lowest BCUT2D eigenvalue weighted by Crippen LogP contribution is -2.14. The first kappa shape index (κ1) is 12.0. The van der Waals surface area contributed by atoms with Gasteiger partial charge in [-0.25, -0.2) is 4.79 Å². The molecule has 2 aromatic carbocycles. The topological polar surface area (TPSA) is 90.4 Å². The fourth-order valence-electron chi connectivity index (χ4n) is 1.76. The highest BCUT2D eigenvalue weighted by molar-refractivity contribution is 6.03. The maximum atomic E-state index is 11.3. The Morgan fingerprint density at radius 3 is 2.78 bits per heavy atom. The lowest BCUT2D eigenvalue weighted by molar-refractivity contribution is 0.168. The quantitative estimate of drug-likeness (QED) is 0.709. The zero-order chi connectivity index (χ0) is 13.1. The number of anilines is 3. The summed E-state index contributed by atoms with van der Waals surface area (Å²) in [4.78, 5) is 11.3. The van der Waals surface area contributed by atoms with Crippen molar-refractivity contribution in [3.63, 3.8) is 0 Å². The molecule has 0 atom stereocenters. The van der Waals surface area contributed by atoms with E-state index in [9.17, 15) is 4.79 Å². The van der Waals surface area contributed by atoms with Gasteiger partial charge in [0.25, 0.3) is 0 Å². The molecule has 0 aromatic heterocycles. The van der Waals surface area contributed by atoms with Crippen molar-refractivity contribution in [2.45, 2.75) is 6.92 Å². The first-order valence-corrected chi connectivity index (χ1v) is 5.63. The van der Waals surface area contributed by atoms with Crippen molar-refractivity contribution in [1.29, 1.82) is 0 Å². The number of ether oxygens (including phenoxy) is 1. The van der Waals surface area contributed by atoms with Crippen molar-refractivity contribution >= 4 is 33.9 Å². The average molecular weight is 245 g/mol. The van der Waals surface area contributed by atoms with Gasteiger partial charge in [-0.15, -0.1) is 0 Å². The van der Waals surface area contributed by atoms with Crippen LogP contribution in [0, 0.1) is 0 Å². The van der Waals surface area contributed by atoms with Gasteiger partial charge in [0.05, 0.1) is 18.0 Å². The normalized spacial score (nSPS) is 10.3. The third kappa shape index (κ3) is 2.29. The average Bonchev–Trinajstić information content (AvgIpc) is 2.33. The Balaban J connectivity index is 2.39. The van der Waals surface area contributed by atoms with Crippen molar-refractivity contribution in [2.75, 3.05) is 23.4 Å². The molecule has 0 aliphatic carbocycles. The van der Waals surface area contributed by atoms with E-state index in [-0.39, 0.29) is 0 Å². The molecule has 2 aromatic rings. The molecule has 18 heavy (non-hydrogen) atoms. The number of carbonyl (C=O) groups is 1. The van der Waals surface area contributed by atoms with Crippen molar-refractivity contribution in [2.24, 2.45) is 0 Å². The number of hydrogen-bond acceptors (Lipinski definition) is 4. The molecule has 0 radical (unpaired) electrons. The summed E-state index contributed by atoms with van der Waals surface area (Å²) < 4.78 is 4.81. The summed E-state index contributed by atoms with van der Waals surface area (Å²) in [5.74, 6) is 0. The van der Waals surface area contributed by atoms with Gasteiger partial charge in [-0.2, -0.15) is 0 Å². The maximum Gasteiger partial charge on any atom is 0.411 e. The lowest BCUT2D eigenvalue weighted by Gasteiger charge is -2.10. The molecular formula is C13H15N3O2. The van der Waals surface area contributed by atoms with E-state index in [2.05, 4.69) is 5.32 Å². The molecular weight excluding hydrogens is 230 g/mol. The Bertz CT molecular complexity index is 596. The van der Waals surface area contributed by atoms with Crippen LogP contribution in [0.3, 0.4) is 0 Å². The molecule has 5 N–H and O–H groups in total. The Kier molecular flexibility index (Phi) is 3.23. The first-order valence-electron chi connectivity index (χ1n) is 5.63. The van der Waals surface area contributed by atoms with Gasteiger partial charge in [0, 0.05) is 11.1 Å². The third-order valence-electron chi connectivity index (χ3n) is 2.60. The molecule has 1 amide bonds. The van der Waals surface area contributed by atoms with Crippen molar-refractivity contribution < 1.29 is 9.53 Å². The Morgan fingerprint density at radius 2 is 2.06 bits per heavy atom. The van der Waals surface area contributed by atoms with Crippen LogP contribution in [0.1, 0.15) is 6.92 Å². The predicted molar refractivity (Wildman–Crippen MR) is 73.4 cm³/mol. The molecule has 0 unspecified atom stereocenters. The second kappa shape index (κ2) is 4.83. The zero-order valence-electron chi connectivity index (χ0n) is 10.1. The van der Waals surface area contributed by atoms with Gasteiger partial charge >= 0.3 is 6.09 Å². The molecule has 0 aliphatic heterocycles. The van der Waals surface area contributed by atoms with Crippen LogP contribution in [-0.4, -0.2) is 12.7 Å². The molecule has 0 saturated heterocycles. The highest BCUT2D eigenvalue weighted by Gasteiger charge is 2.08. The zero-order valence-corrected chi connectivity index (χ0v) is 10.1. The summed E-state index contributed by atoms with van der Waals surface area (Å²) in [5.41, 5.74) is 13.4. The van der Waals surface area contributed by atoms with Crippen LogP contribution in [0.25, 0.3) is 10.8 Å².